The fourth-order valence-electron chi connectivity index (χ4n) is 4.32. The number of anilines is 1. The first-order valence-electron chi connectivity index (χ1n) is 11.0. The number of benzene rings is 1. The molecule has 8 heteroatoms. The summed E-state index contributed by atoms with van der Waals surface area (Å²) < 4.78 is 11.1. The van der Waals surface area contributed by atoms with Gasteiger partial charge in [-0.15, -0.1) is 0 Å². The van der Waals surface area contributed by atoms with Crippen molar-refractivity contribution in [1.29, 1.82) is 0 Å². The lowest BCUT2D eigenvalue weighted by molar-refractivity contribution is -0.128. The summed E-state index contributed by atoms with van der Waals surface area (Å²) in [5, 5.41) is 0. The van der Waals surface area contributed by atoms with Crippen LogP contribution in [0.4, 0.5) is 5.95 Å². The van der Waals surface area contributed by atoms with Gasteiger partial charge >= 0.3 is 0 Å². The molecule has 1 fully saturated rings. The molecule has 1 atom stereocenters. The normalized spacial score (nSPS) is 17.5. The van der Waals surface area contributed by atoms with Crippen LogP contribution in [-0.2, 0) is 4.79 Å². The van der Waals surface area contributed by atoms with E-state index in [2.05, 4.69) is 15.0 Å². The lowest BCUT2D eigenvalue weighted by atomic mass is 9.93. The first-order chi connectivity index (χ1) is 16.1. The van der Waals surface area contributed by atoms with E-state index in [0.29, 0.717) is 12.1 Å². The Morgan fingerprint density at radius 2 is 1.94 bits per heavy atom. The standard InChI is InChI=1S/C25H25N5O3/c1-32-21-5-7-23-18(10-21)9-19(15-33-23)24(31)30-8-2-3-17(14-30)22-6-4-16(11-27-22)20-12-28-25(26)29-13-20/h4-7,9-13,17H,2-3,8,14-15H2,1H3,(H2,26,28,29)/t17-/m0/s1. The Hall–Kier alpha value is -3.94. The molecular formula is C25H25N5O3. The number of methoxy groups -OCH3 is 1. The van der Waals surface area contributed by atoms with Crippen LogP contribution in [0.1, 0.15) is 30.0 Å². The molecule has 0 saturated carbocycles. The minimum absolute atomic E-state index is 0.0174. The summed E-state index contributed by atoms with van der Waals surface area (Å²) in [5.41, 5.74) is 9.86. The fourth-order valence-corrected chi connectivity index (χ4v) is 4.32. The third kappa shape index (κ3) is 4.37. The van der Waals surface area contributed by atoms with E-state index >= 15 is 0 Å². The van der Waals surface area contributed by atoms with Crippen LogP contribution in [0.15, 0.2) is 54.5 Å². The van der Waals surface area contributed by atoms with Gasteiger partial charge in [0, 0.05) is 60.0 Å². The van der Waals surface area contributed by atoms with Gasteiger partial charge in [0.2, 0.25) is 5.95 Å². The maximum Gasteiger partial charge on any atom is 0.253 e. The van der Waals surface area contributed by atoms with Crippen LogP contribution in [0.25, 0.3) is 17.2 Å². The number of nitrogens with zero attached hydrogens (tertiary/aromatic N) is 4. The van der Waals surface area contributed by atoms with Crippen LogP contribution in [-0.4, -0.2) is 52.6 Å². The number of rotatable bonds is 4. The highest BCUT2D eigenvalue weighted by atomic mass is 16.5. The number of likely N-dealkylation sites (tertiary alicyclic amines) is 1. The molecule has 0 unspecified atom stereocenters. The lowest BCUT2D eigenvalue weighted by Gasteiger charge is -2.33. The summed E-state index contributed by atoms with van der Waals surface area (Å²) in [6, 6.07) is 9.65. The van der Waals surface area contributed by atoms with E-state index in [-0.39, 0.29) is 24.4 Å². The van der Waals surface area contributed by atoms with Gasteiger partial charge in [-0.3, -0.25) is 9.78 Å². The van der Waals surface area contributed by atoms with Crippen LogP contribution in [0.5, 0.6) is 11.5 Å². The number of carbonyl (C=O) groups excluding carboxylic acids is 1. The number of hydrogen-bond donors (Lipinski definition) is 1. The highest BCUT2D eigenvalue weighted by molar-refractivity contribution is 5.99. The van der Waals surface area contributed by atoms with E-state index in [1.165, 1.54) is 0 Å². The summed E-state index contributed by atoms with van der Waals surface area (Å²) in [6.07, 6.45) is 9.05. The maximum absolute atomic E-state index is 13.3. The smallest absolute Gasteiger partial charge is 0.253 e. The van der Waals surface area contributed by atoms with Gasteiger partial charge in [0.15, 0.2) is 0 Å². The van der Waals surface area contributed by atoms with E-state index in [1.54, 1.807) is 19.5 Å². The van der Waals surface area contributed by atoms with Gasteiger partial charge in [-0.25, -0.2) is 9.97 Å². The molecule has 0 spiro atoms. The number of ether oxygens (including phenoxy) is 2. The maximum atomic E-state index is 13.3. The van der Waals surface area contributed by atoms with Crippen LogP contribution in [0.2, 0.25) is 0 Å². The van der Waals surface area contributed by atoms with Crippen LogP contribution in [0, 0.1) is 0 Å². The van der Waals surface area contributed by atoms with Gasteiger partial charge in [0.1, 0.15) is 18.1 Å². The molecule has 0 bridgehead atoms. The van der Waals surface area contributed by atoms with Crippen molar-refractivity contribution in [2.24, 2.45) is 0 Å². The second-order valence-electron chi connectivity index (χ2n) is 8.25. The van der Waals surface area contributed by atoms with Crippen molar-refractivity contribution >= 4 is 17.9 Å². The Morgan fingerprint density at radius 3 is 2.70 bits per heavy atom. The molecule has 5 rings (SSSR count). The van der Waals surface area contributed by atoms with Crippen molar-refractivity contribution < 1.29 is 14.3 Å². The molecule has 1 amide bonds. The Bertz CT molecular complexity index is 1190. The Morgan fingerprint density at radius 1 is 1.12 bits per heavy atom. The monoisotopic (exact) mass is 443 g/mol. The topological polar surface area (TPSA) is 103 Å². The first kappa shape index (κ1) is 20.9. The number of pyridine rings is 1. The average molecular weight is 444 g/mol. The molecule has 2 N–H and O–H groups in total. The highest BCUT2D eigenvalue weighted by Gasteiger charge is 2.29. The molecule has 4 heterocycles. The summed E-state index contributed by atoms with van der Waals surface area (Å²) in [5.74, 6) is 1.96. The summed E-state index contributed by atoms with van der Waals surface area (Å²) in [6.45, 7) is 1.65. The molecule has 2 aliphatic heterocycles. The number of carbonyl (C=O) groups is 1. The van der Waals surface area contributed by atoms with E-state index in [9.17, 15) is 4.79 Å². The van der Waals surface area contributed by atoms with Crippen molar-refractivity contribution in [3.8, 4) is 22.6 Å². The zero-order chi connectivity index (χ0) is 22.8. The van der Waals surface area contributed by atoms with Crippen molar-refractivity contribution in [3.63, 3.8) is 0 Å². The second kappa shape index (κ2) is 8.90. The van der Waals surface area contributed by atoms with E-state index in [0.717, 1.165) is 53.3 Å². The van der Waals surface area contributed by atoms with Crippen molar-refractivity contribution in [2.45, 2.75) is 18.8 Å². The molecule has 3 aromatic rings. The lowest BCUT2D eigenvalue weighted by Crippen LogP contribution is -2.41. The predicted octanol–water partition coefficient (Wildman–Crippen LogP) is 3.31. The van der Waals surface area contributed by atoms with Gasteiger partial charge in [0.05, 0.1) is 12.7 Å². The largest absolute Gasteiger partial charge is 0.497 e. The van der Waals surface area contributed by atoms with Crippen molar-refractivity contribution in [3.05, 3.63) is 65.8 Å². The molecule has 1 saturated heterocycles. The van der Waals surface area contributed by atoms with Gasteiger partial charge in [-0.05, 0) is 43.2 Å². The first-order valence-corrected chi connectivity index (χ1v) is 11.0. The van der Waals surface area contributed by atoms with Gasteiger partial charge < -0.3 is 20.1 Å². The third-order valence-corrected chi connectivity index (χ3v) is 6.12. The quantitative estimate of drug-likeness (QED) is 0.660. The molecule has 0 aliphatic carbocycles. The summed E-state index contributed by atoms with van der Waals surface area (Å²) in [4.78, 5) is 27.9. The summed E-state index contributed by atoms with van der Waals surface area (Å²) in [7, 11) is 1.62. The molecule has 1 aromatic carbocycles. The van der Waals surface area contributed by atoms with Gasteiger partial charge in [0.25, 0.3) is 5.91 Å². The highest BCUT2D eigenvalue weighted by Crippen LogP contribution is 2.32. The molecule has 33 heavy (non-hydrogen) atoms. The minimum Gasteiger partial charge on any atom is -0.497 e. The Balaban J connectivity index is 1.30. The van der Waals surface area contributed by atoms with E-state index < -0.39 is 0 Å². The number of nitrogens with two attached hydrogens (primary N) is 1. The zero-order valence-electron chi connectivity index (χ0n) is 18.4. The number of piperidine rings is 1. The van der Waals surface area contributed by atoms with E-state index in [1.807, 2.05) is 47.5 Å². The SMILES string of the molecule is COc1ccc2c(c1)C=C(C(=O)N1CCC[C@H](c3ccc(-c4cnc(N)nc4)cn3)C1)CO2. The number of amides is 1. The minimum atomic E-state index is 0.0174. The van der Waals surface area contributed by atoms with Gasteiger partial charge in [-0.2, -0.15) is 0 Å². The molecule has 168 valence electrons. The van der Waals surface area contributed by atoms with Crippen LogP contribution in [0.3, 0.4) is 0 Å². The van der Waals surface area contributed by atoms with Crippen LogP contribution < -0.4 is 15.2 Å². The third-order valence-electron chi connectivity index (χ3n) is 6.12. The van der Waals surface area contributed by atoms with Crippen LogP contribution >= 0.6 is 0 Å². The summed E-state index contributed by atoms with van der Waals surface area (Å²) >= 11 is 0. The Labute approximate surface area is 192 Å². The van der Waals surface area contributed by atoms with Crippen molar-refractivity contribution in [2.75, 3.05) is 32.5 Å². The number of hydrogen-bond acceptors (Lipinski definition) is 7. The van der Waals surface area contributed by atoms with Gasteiger partial charge in [-0.1, -0.05) is 6.07 Å². The molecule has 0 radical (unpaired) electrons. The molecule has 2 aliphatic rings. The number of nitrogen functional groups attached to an aromatic ring is 1. The van der Waals surface area contributed by atoms with Crippen molar-refractivity contribution in [1.82, 2.24) is 19.9 Å². The number of fused-ring (bicyclic) bond motifs is 1. The molecule has 8 nitrogen and oxygen atoms in total. The number of aromatic nitrogens is 3. The average Bonchev–Trinajstić information content (AvgIpc) is 2.88. The second-order valence-corrected chi connectivity index (χ2v) is 8.25. The van der Waals surface area contributed by atoms with E-state index in [4.69, 9.17) is 15.2 Å². The zero-order valence-corrected chi connectivity index (χ0v) is 18.4. The fraction of sp³-hybridized carbons (Fsp3) is 0.280. The molecule has 2 aromatic heterocycles. The Kier molecular flexibility index (Phi) is 5.64. The molecular weight excluding hydrogens is 418 g/mol. The predicted molar refractivity (Wildman–Crippen MR) is 125 cm³/mol.